The first-order valence-electron chi connectivity index (χ1n) is 10.9. The standard InChI is InChI=1S/C23H21ClN6O4S2/c1-26-23(32)18-10-29(36(33,34)21-7-14-3-4-15(24)8-19(14)35-21)11-20(31)30(18)9-13-2-5-16-17(6-13)27-12-28-22(16)25/h2-8,12,18H,9-11H2,1H3,(H,26,32)(H2,25,27,28). The Labute approximate surface area is 215 Å². The molecule has 10 nitrogen and oxygen atoms in total. The van der Waals surface area contributed by atoms with Gasteiger partial charge in [-0.25, -0.2) is 18.4 Å². The number of fused-ring (bicyclic) bond motifs is 2. The van der Waals surface area contributed by atoms with Crippen molar-refractivity contribution in [3.63, 3.8) is 0 Å². The van der Waals surface area contributed by atoms with Crippen LogP contribution in [0.2, 0.25) is 5.02 Å². The Bertz CT molecular complexity index is 1620. The zero-order chi connectivity index (χ0) is 25.6. The quantitative estimate of drug-likeness (QED) is 0.393. The van der Waals surface area contributed by atoms with Crippen LogP contribution in [0.25, 0.3) is 21.0 Å². The van der Waals surface area contributed by atoms with Crippen LogP contribution in [0.3, 0.4) is 0 Å². The van der Waals surface area contributed by atoms with E-state index in [9.17, 15) is 18.0 Å². The van der Waals surface area contributed by atoms with Crippen molar-refractivity contribution in [1.82, 2.24) is 24.5 Å². The summed E-state index contributed by atoms with van der Waals surface area (Å²) in [5.74, 6) is -0.600. The molecule has 1 aliphatic rings. The maximum absolute atomic E-state index is 13.5. The van der Waals surface area contributed by atoms with Gasteiger partial charge in [0.2, 0.25) is 11.8 Å². The second kappa shape index (κ2) is 9.28. The van der Waals surface area contributed by atoms with Gasteiger partial charge in [-0.1, -0.05) is 23.7 Å². The number of hydrogen-bond donors (Lipinski definition) is 2. The molecule has 2 amide bonds. The molecule has 3 N–H and O–H groups in total. The maximum Gasteiger partial charge on any atom is 0.253 e. The van der Waals surface area contributed by atoms with Gasteiger partial charge in [0, 0.05) is 35.2 Å². The average molecular weight is 545 g/mol. The van der Waals surface area contributed by atoms with E-state index in [2.05, 4.69) is 15.3 Å². The Kier molecular flexibility index (Phi) is 6.29. The largest absolute Gasteiger partial charge is 0.383 e. The maximum atomic E-state index is 13.5. The Hall–Kier alpha value is -3.32. The van der Waals surface area contributed by atoms with Crippen molar-refractivity contribution in [2.24, 2.45) is 0 Å². The fourth-order valence-electron chi connectivity index (χ4n) is 4.20. The summed E-state index contributed by atoms with van der Waals surface area (Å²) in [6, 6.07) is 11.0. The molecule has 0 radical (unpaired) electrons. The number of halogens is 1. The number of aromatic nitrogens is 2. The molecule has 1 fully saturated rings. The van der Waals surface area contributed by atoms with Gasteiger partial charge >= 0.3 is 0 Å². The number of benzene rings is 2. The summed E-state index contributed by atoms with van der Waals surface area (Å²) in [5, 5.41) is 4.45. The lowest BCUT2D eigenvalue weighted by atomic mass is 10.1. The van der Waals surface area contributed by atoms with Crippen LogP contribution >= 0.6 is 22.9 Å². The van der Waals surface area contributed by atoms with Gasteiger partial charge in [-0.15, -0.1) is 11.3 Å². The summed E-state index contributed by atoms with van der Waals surface area (Å²) >= 11 is 7.11. The van der Waals surface area contributed by atoms with Crippen LogP contribution in [0.1, 0.15) is 5.56 Å². The number of carbonyl (C=O) groups excluding carboxylic acids is 2. The third-order valence-electron chi connectivity index (χ3n) is 6.07. The van der Waals surface area contributed by atoms with E-state index in [0.717, 1.165) is 31.3 Å². The Morgan fingerprint density at radius 3 is 2.81 bits per heavy atom. The molecule has 0 aliphatic carbocycles. The van der Waals surface area contributed by atoms with Crippen LogP contribution in [0.4, 0.5) is 5.82 Å². The molecular weight excluding hydrogens is 524 g/mol. The molecule has 1 unspecified atom stereocenters. The third kappa shape index (κ3) is 4.37. The molecular formula is C23H21ClN6O4S2. The van der Waals surface area contributed by atoms with E-state index in [1.165, 1.54) is 18.3 Å². The lowest BCUT2D eigenvalue weighted by Gasteiger charge is -2.39. The van der Waals surface area contributed by atoms with E-state index in [-0.39, 0.29) is 23.8 Å². The first-order valence-corrected chi connectivity index (χ1v) is 13.5. The number of carbonyl (C=O) groups is 2. The number of nitrogen functional groups attached to an aromatic ring is 1. The molecule has 5 rings (SSSR count). The Morgan fingerprint density at radius 2 is 2.03 bits per heavy atom. The Morgan fingerprint density at radius 1 is 1.22 bits per heavy atom. The monoisotopic (exact) mass is 544 g/mol. The topological polar surface area (TPSA) is 139 Å². The zero-order valence-corrected chi connectivity index (χ0v) is 21.4. The van der Waals surface area contributed by atoms with Gasteiger partial charge in [-0.2, -0.15) is 4.31 Å². The normalized spacial score (nSPS) is 17.1. The summed E-state index contributed by atoms with van der Waals surface area (Å²) in [6.07, 6.45) is 1.35. The predicted octanol–water partition coefficient (Wildman–Crippen LogP) is 2.23. The molecule has 186 valence electrons. The fraction of sp³-hybridized carbons (Fsp3) is 0.217. The van der Waals surface area contributed by atoms with Crippen molar-refractivity contribution < 1.29 is 18.0 Å². The van der Waals surface area contributed by atoms with Crippen molar-refractivity contribution >= 4 is 71.6 Å². The summed E-state index contributed by atoms with van der Waals surface area (Å²) in [4.78, 5) is 35.6. The van der Waals surface area contributed by atoms with E-state index >= 15 is 0 Å². The number of likely N-dealkylation sites (N-methyl/N-ethyl adjacent to an activating group) is 1. The number of piperazine rings is 1. The molecule has 2 aromatic heterocycles. The summed E-state index contributed by atoms with van der Waals surface area (Å²) in [5.41, 5.74) is 7.22. The number of anilines is 1. The van der Waals surface area contributed by atoms with Crippen LogP contribution in [-0.2, 0) is 26.2 Å². The first kappa shape index (κ1) is 24.4. The minimum absolute atomic E-state index is 0.0866. The van der Waals surface area contributed by atoms with Crippen molar-refractivity contribution in [3.8, 4) is 0 Å². The van der Waals surface area contributed by atoms with Gasteiger partial charge in [0.25, 0.3) is 10.0 Å². The second-order valence-electron chi connectivity index (χ2n) is 8.31. The van der Waals surface area contributed by atoms with Crippen LogP contribution in [0.15, 0.2) is 53.0 Å². The molecule has 13 heteroatoms. The lowest BCUT2D eigenvalue weighted by molar-refractivity contribution is -0.145. The van der Waals surface area contributed by atoms with E-state index in [0.29, 0.717) is 21.7 Å². The number of rotatable bonds is 5. The highest BCUT2D eigenvalue weighted by Crippen LogP contribution is 2.33. The van der Waals surface area contributed by atoms with Gasteiger partial charge in [0.05, 0.1) is 12.1 Å². The van der Waals surface area contributed by atoms with Crippen molar-refractivity contribution in [3.05, 3.63) is 59.4 Å². The fourth-order valence-corrected chi connectivity index (χ4v) is 7.42. The Balaban J connectivity index is 1.44. The summed E-state index contributed by atoms with van der Waals surface area (Å²) in [7, 11) is -2.58. The minimum Gasteiger partial charge on any atom is -0.383 e. The summed E-state index contributed by atoms with van der Waals surface area (Å²) in [6.45, 7) is -0.453. The molecule has 0 saturated carbocycles. The number of nitrogens with two attached hydrogens (primary N) is 1. The van der Waals surface area contributed by atoms with Gasteiger partial charge < -0.3 is 16.0 Å². The van der Waals surface area contributed by atoms with Gasteiger partial charge in [0.1, 0.15) is 22.4 Å². The lowest BCUT2D eigenvalue weighted by Crippen LogP contribution is -2.61. The number of nitrogens with one attached hydrogen (secondary N) is 1. The SMILES string of the molecule is CNC(=O)C1CN(S(=O)(=O)c2cc3ccc(Cl)cc3s2)CC(=O)N1Cc1ccc2c(N)ncnc2c1. The predicted molar refractivity (Wildman–Crippen MR) is 138 cm³/mol. The molecule has 0 spiro atoms. The molecule has 36 heavy (non-hydrogen) atoms. The van der Waals surface area contributed by atoms with E-state index in [1.54, 1.807) is 42.5 Å². The van der Waals surface area contributed by atoms with Crippen molar-refractivity contribution in [2.75, 3.05) is 25.9 Å². The minimum atomic E-state index is -4.02. The molecule has 2 aromatic carbocycles. The molecule has 4 aromatic rings. The van der Waals surface area contributed by atoms with E-state index in [4.69, 9.17) is 17.3 Å². The number of sulfonamides is 1. The molecule has 1 atom stereocenters. The number of amides is 2. The molecule has 0 bridgehead atoms. The zero-order valence-electron chi connectivity index (χ0n) is 19.0. The molecule has 3 heterocycles. The van der Waals surface area contributed by atoms with Crippen molar-refractivity contribution in [1.29, 1.82) is 0 Å². The van der Waals surface area contributed by atoms with Gasteiger partial charge in [-0.3, -0.25) is 9.59 Å². The van der Waals surface area contributed by atoms with Crippen LogP contribution in [0.5, 0.6) is 0 Å². The van der Waals surface area contributed by atoms with Gasteiger partial charge in [0.15, 0.2) is 0 Å². The molecule has 1 saturated heterocycles. The van der Waals surface area contributed by atoms with Crippen molar-refractivity contribution in [2.45, 2.75) is 16.8 Å². The molecule has 1 aliphatic heterocycles. The highest BCUT2D eigenvalue weighted by molar-refractivity contribution is 7.91. The number of thiophene rings is 1. The van der Waals surface area contributed by atoms with Crippen LogP contribution in [-0.4, -0.2) is 65.6 Å². The third-order valence-corrected chi connectivity index (χ3v) is 9.67. The highest BCUT2D eigenvalue weighted by Gasteiger charge is 2.42. The number of nitrogens with zero attached hydrogens (tertiary/aromatic N) is 4. The summed E-state index contributed by atoms with van der Waals surface area (Å²) < 4.78 is 28.8. The number of hydrogen-bond acceptors (Lipinski definition) is 8. The average Bonchev–Trinajstić information content (AvgIpc) is 3.29. The second-order valence-corrected chi connectivity index (χ2v) is 12.0. The smallest absolute Gasteiger partial charge is 0.253 e. The van der Waals surface area contributed by atoms with E-state index in [1.807, 2.05) is 0 Å². The van der Waals surface area contributed by atoms with Gasteiger partial charge in [-0.05, 0) is 41.3 Å². The highest BCUT2D eigenvalue weighted by atomic mass is 35.5. The van der Waals surface area contributed by atoms with Crippen LogP contribution in [0, 0.1) is 0 Å². The van der Waals surface area contributed by atoms with E-state index < -0.39 is 27.9 Å². The first-order chi connectivity index (χ1) is 17.2. The van der Waals surface area contributed by atoms with Crippen LogP contribution < -0.4 is 11.1 Å².